The van der Waals surface area contributed by atoms with Crippen LogP contribution < -0.4 is 16.4 Å². The molecule has 0 aliphatic carbocycles. The maximum Gasteiger partial charge on any atom is 0.415 e. The summed E-state index contributed by atoms with van der Waals surface area (Å²) in [6.45, 7) is 0.244. The van der Waals surface area contributed by atoms with Gasteiger partial charge < -0.3 is 16.2 Å². The number of rotatable bonds is 8. The van der Waals surface area contributed by atoms with Gasteiger partial charge >= 0.3 is 6.09 Å². The standard InChI is InChI=1S/C27H25N5O3/c28-23-7-1-2-8-25(23)32(17-19-9-11-21(12-10-19)26(29)33)27(34)35-18-22-6-4-14-31-24(22)15-20-5-3-13-30-16-20/h1-14,16H,15,17-18,28H2,(H2,29,33). The predicted molar refractivity (Wildman–Crippen MR) is 133 cm³/mol. The lowest BCUT2D eigenvalue weighted by molar-refractivity contribution is 0.1000. The highest BCUT2D eigenvalue weighted by Crippen LogP contribution is 2.26. The molecule has 2 amide bonds. The molecule has 8 nitrogen and oxygen atoms in total. The third kappa shape index (κ3) is 6.00. The summed E-state index contributed by atoms with van der Waals surface area (Å²) in [4.78, 5) is 34.7. The first-order chi connectivity index (χ1) is 17.0. The van der Waals surface area contributed by atoms with Crippen LogP contribution in [-0.2, 0) is 24.3 Å². The number of carbonyl (C=O) groups is 2. The Balaban J connectivity index is 1.53. The molecule has 0 aliphatic heterocycles. The molecule has 4 rings (SSSR count). The first kappa shape index (κ1) is 23.4. The number of amides is 2. The van der Waals surface area contributed by atoms with E-state index in [0.29, 0.717) is 23.4 Å². The van der Waals surface area contributed by atoms with Gasteiger partial charge in [0.15, 0.2) is 0 Å². The van der Waals surface area contributed by atoms with E-state index in [-0.39, 0.29) is 13.2 Å². The SMILES string of the molecule is NC(=O)c1ccc(CN(C(=O)OCc2cccnc2Cc2cccnc2)c2ccccc2N)cc1. The molecule has 0 unspecified atom stereocenters. The normalized spacial score (nSPS) is 10.5. The van der Waals surface area contributed by atoms with Crippen LogP contribution in [0.5, 0.6) is 0 Å². The van der Waals surface area contributed by atoms with Gasteiger partial charge in [-0.3, -0.25) is 19.7 Å². The minimum Gasteiger partial charge on any atom is -0.444 e. The van der Waals surface area contributed by atoms with Crippen molar-refractivity contribution in [1.29, 1.82) is 0 Å². The highest BCUT2D eigenvalue weighted by molar-refractivity contribution is 5.93. The van der Waals surface area contributed by atoms with Crippen LogP contribution in [0.4, 0.5) is 16.2 Å². The molecule has 2 heterocycles. The van der Waals surface area contributed by atoms with Crippen molar-refractivity contribution in [3.8, 4) is 0 Å². The molecule has 0 spiro atoms. The van der Waals surface area contributed by atoms with E-state index in [2.05, 4.69) is 9.97 Å². The Kier molecular flexibility index (Phi) is 7.32. The van der Waals surface area contributed by atoms with Gasteiger partial charge in [-0.15, -0.1) is 0 Å². The first-order valence-corrected chi connectivity index (χ1v) is 11.0. The number of nitrogens with two attached hydrogens (primary N) is 2. The van der Waals surface area contributed by atoms with Crippen molar-refractivity contribution in [3.63, 3.8) is 0 Å². The Hall–Kier alpha value is -4.72. The van der Waals surface area contributed by atoms with Crippen LogP contribution in [0.3, 0.4) is 0 Å². The van der Waals surface area contributed by atoms with E-state index in [1.807, 2.05) is 24.3 Å². The van der Waals surface area contributed by atoms with Gasteiger partial charge in [-0.25, -0.2) is 4.79 Å². The fourth-order valence-corrected chi connectivity index (χ4v) is 3.61. The van der Waals surface area contributed by atoms with Crippen molar-refractivity contribution in [1.82, 2.24) is 9.97 Å². The van der Waals surface area contributed by atoms with Crippen molar-refractivity contribution in [2.75, 3.05) is 10.6 Å². The molecule has 0 saturated carbocycles. The third-order valence-corrected chi connectivity index (χ3v) is 5.46. The Morgan fingerprint density at radius 1 is 0.886 bits per heavy atom. The van der Waals surface area contributed by atoms with Crippen molar-refractivity contribution in [2.45, 2.75) is 19.6 Å². The highest BCUT2D eigenvalue weighted by atomic mass is 16.6. The van der Waals surface area contributed by atoms with Crippen LogP contribution in [0.2, 0.25) is 0 Å². The number of pyridine rings is 2. The van der Waals surface area contributed by atoms with Gasteiger partial charge in [0.25, 0.3) is 0 Å². The molecule has 2 aromatic carbocycles. The number of benzene rings is 2. The average molecular weight is 468 g/mol. The summed E-state index contributed by atoms with van der Waals surface area (Å²) >= 11 is 0. The summed E-state index contributed by atoms with van der Waals surface area (Å²) < 4.78 is 5.71. The smallest absolute Gasteiger partial charge is 0.415 e. The van der Waals surface area contributed by atoms with Gasteiger partial charge in [0.1, 0.15) is 6.61 Å². The number of carbonyl (C=O) groups excluding carboxylic acids is 2. The van der Waals surface area contributed by atoms with Crippen LogP contribution in [0, 0.1) is 0 Å². The van der Waals surface area contributed by atoms with Crippen molar-refractivity contribution in [3.05, 3.63) is 119 Å². The van der Waals surface area contributed by atoms with E-state index >= 15 is 0 Å². The zero-order valence-electron chi connectivity index (χ0n) is 19.0. The molecule has 0 bridgehead atoms. The van der Waals surface area contributed by atoms with E-state index in [4.69, 9.17) is 16.2 Å². The summed E-state index contributed by atoms with van der Waals surface area (Å²) in [6, 6.07) is 21.3. The lowest BCUT2D eigenvalue weighted by atomic mass is 10.1. The van der Waals surface area contributed by atoms with Crippen molar-refractivity contribution < 1.29 is 14.3 Å². The Labute approximate surface area is 203 Å². The fraction of sp³-hybridized carbons (Fsp3) is 0.111. The number of hydrogen-bond acceptors (Lipinski definition) is 6. The lowest BCUT2D eigenvalue weighted by Crippen LogP contribution is -2.31. The number of primary amides is 1. The quantitative estimate of drug-likeness (QED) is 0.376. The van der Waals surface area contributed by atoms with Gasteiger partial charge in [0.2, 0.25) is 5.91 Å². The van der Waals surface area contributed by atoms with E-state index in [0.717, 1.165) is 22.4 Å². The summed E-state index contributed by atoms with van der Waals surface area (Å²) in [6.07, 6.45) is 5.23. The lowest BCUT2D eigenvalue weighted by Gasteiger charge is -2.24. The van der Waals surface area contributed by atoms with Gasteiger partial charge in [-0.1, -0.05) is 36.4 Å². The minimum absolute atomic E-state index is 0.0477. The number of anilines is 2. The molecule has 4 N–H and O–H groups in total. The monoisotopic (exact) mass is 467 g/mol. The maximum atomic E-state index is 13.3. The number of ether oxygens (including phenoxy) is 1. The Morgan fingerprint density at radius 2 is 1.66 bits per heavy atom. The molecular weight excluding hydrogens is 442 g/mol. The summed E-state index contributed by atoms with van der Waals surface area (Å²) in [5.74, 6) is -0.515. The second-order valence-corrected chi connectivity index (χ2v) is 7.91. The summed E-state index contributed by atoms with van der Waals surface area (Å²) in [7, 11) is 0. The van der Waals surface area contributed by atoms with E-state index in [1.54, 1.807) is 67.1 Å². The van der Waals surface area contributed by atoms with Gasteiger partial charge in [0.05, 0.1) is 23.6 Å². The molecule has 0 atom stereocenters. The summed E-state index contributed by atoms with van der Waals surface area (Å²) in [5.41, 5.74) is 16.3. The Morgan fingerprint density at radius 3 is 2.37 bits per heavy atom. The number of hydrogen-bond donors (Lipinski definition) is 2. The second-order valence-electron chi connectivity index (χ2n) is 7.91. The molecule has 8 heteroatoms. The first-order valence-electron chi connectivity index (χ1n) is 11.0. The molecule has 0 fully saturated rings. The summed E-state index contributed by atoms with van der Waals surface area (Å²) in [5, 5.41) is 0. The van der Waals surface area contributed by atoms with Gasteiger partial charge in [0, 0.05) is 36.1 Å². The van der Waals surface area contributed by atoms with Crippen LogP contribution in [-0.4, -0.2) is 22.0 Å². The zero-order valence-corrected chi connectivity index (χ0v) is 19.0. The zero-order chi connectivity index (χ0) is 24.6. The van der Waals surface area contributed by atoms with Crippen LogP contribution in [0.15, 0.2) is 91.4 Å². The predicted octanol–water partition coefficient (Wildman–Crippen LogP) is 4.09. The number of nitrogens with zero attached hydrogens (tertiary/aromatic N) is 3. The molecule has 176 valence electrons. The molecular formula is C27H25N5O3. The highest BCUT2D eigenvalue weighted by Gasteiger charge is 2.21. The van der Waals surface area contributed by atoms with Crippen molar-refractivity contribution >= 4 is 23.4 Å². The fourth-order valence-electron chi connectivity index (χ4n) is 3.61. The van der Waals surface area contributed by atoms with Crippen LogP contribution in [0.1, 0.15) is 32.7 Å². The van der Waals surface area contributed by atoms with Gasteiger partial charge in [-0.2, -0.15) is 0 Å². The minimum atomic E-state index is -0.557. The van der Waals surface area contributed by atoms with E-state index in [1.165, 1.54) is 4.90 Å². The molecule has 35 heavy (non-hydrogen) atoms. The third-order valence-electron chi connectivity index (χ3n) is 5.46. The molecule has 2 aromatic heterocycles. The maximum absolute atomic E-state index is 13.3. The average Bonchev–Trinajstić information content (AvgIpc) is 2.88. The topological polar surface area (TPSA) is 124 Å². The molecule has 4 aromatic rings. The molecule has 0 radical (unpaired) electrons. The second kappa shape index (κ2) is 10.9. The Bertz CT molecular complexity index is 1310. The van der Waals surface area contributed by atoms with Crippen LogP contribution in [0.25, 0.3) is 0 Å². The largest absolute Gasteiger partial charge is 0.444 e. The van der Waals surface area contributed by atoms with Gasteiger partial charge in [-0.05, 0) is 47.5 Å². The van der Waals surface area contributed by atoms with Crippen molar-refractivity contribution in [2.24, 2.45) is 5.73 Å². The number of aromatic nitrogens is 2. The molecule has 0 aliphatic rings. The van der Waals surface area contributed by atoms with E-state index < -0.39 is 12.0 Å². The molecule has 0 saturated heterocycles. The number of nitrogen functional groups attached to an aromatic ring is 1. The van der Waals surface area contributed by atoms with E-state index in [9.17, 15) is 9.59 Å². The number of para-hydroxylation sites is 2. The van der Waals surface area contributed by atoms with Crippen LogP contribution >= 0.6 is 0 Å².